The first-order valence-electron chi connectivity index (χ1n) is 7.50. The van der Waals surface area contributed by atoms with Gasteiger partial charge in [0.15, 0.2) is 0 Å². The molecule has 0 bridgehead atoms. The van der Waals surface area contributed by atoms with Gasteiger partial charge in [0.25, 0.3) is 0 Å². The van der Waals surface area contributed by atoms with Gasteiger partial charge in [0, 0.05) is 10.9 Å². The topological polar surface area (TPSA) is 46.2 Å². The number of ketones is 1. The average Bonchev–Trinajstić information content (AvgIpc) is 2.39. The summed E-state index contributed by atoms with van der Waals surface area (Å²) >= 11 is 3.44. The minimum Gasteiger partial charge on any atom is -0.300 e. The number of rotatable bonds is 5. The number of benzene rings is 1. The molecule has 0 aliphatic heterocycles. The Hall–Kier alpha value is -0.520. The minimum absolute atomic E-state index is 0.0610. The van der Waals surface area contributed by atoms with Crippen LogP contribution in [0.25, 0.3) is 0 Å². The van der Waals surface area contributed by atoms with Crippen molar-refractivity contribution in [2.24, 2.45) is 0 Å². The third-order valence-electron chi connectivity index (χ3n) is 2.94. The molecule has 126 valence electrons. The van der Waals surface area contributed by atoms with E-state index in [1.54, 1.807) is 6.92 Å². The fourth-order valence-corrected chi connectivity index (χ4v) is 3.19. The van der Waals surface area contributed by atoms with Crippen molar-refractivity contribution in [1.82, 2.24) is 4.72 Å². The molecule has 0 fully saturated rings. The Morgan fingerprint density at radius 1 is 1.23 bits per heavy atom. The summed E-state index contributed by atoms with van der Waals surface area (Å²) in [5.74, 6) is 0.0610. The lowest BCUT2D eigenvalue weighted by Crippen LogP contribution is -2.47. The molecule has 0 amide bonds. The summed E-state index contributed by atoms with van der Waals surface area (Å²) in [4.78, 5) is 11.6. The molecule has 1 N–H and O–H groups in total. The summed E-state index contributed by atoms with van der Waals surface area (Å²) in [6, 6.07) is 7.74. The summed E-state index contributed by atoms with van der Waals surface area (Å²) in [5.41, 5.74) is 0.299. The van der Waals surface area contributed by atoms with Crippen LogP contribution in [-0.2, 0) is 21.3 Å². The number of hydrogen-bond donors (Lipinski definition) is 1. The van der Waals surface area contributed by atoms with Crippen molar-refractivity contribution in [2.45, 2.75) is 65.2 Å². The standard InChI is InChI=1S/C15H22BrNO2S.C2H6/c1-11(18)10-15(5,17-20(19)14(2,3)4)12-7-6-8-13(16)9-12;1-2/h6-9,17H,10H2,1-5H3;1-2H3/t15-,20+;/m0./s1. The minimum atomic E-state index is -1.25. The zero-order valence-electron chi connectivity index (χ0n) is 14.6. The van der Waals surface area contributed by atoms with Crippen LogP contribution in [0.15, 0.2) is 28.7 Å². The van der Waals surface area contributed by atoms with Gasteiger partial charge in [-0.3, -0.25) is 4.79 Å². The number of hydrogen-bond acceptors (Lipinski definition) is 2. The van der Waals surface area contributed by atoms with Gasteiger partial charge in [0.2, 0.25) is 0 Å². The van der Waals surface area contributed by atoms with E-state index in [-0.39, 0.29) is 10.5 Å². The first kappa shape index (κ1) is 21.5. The highest BCUT2D eigenvalue weighted by molar-refractivity contribution is 9.10. The first-order valence-corrected chi connectivity index (χ1v) is 9.44. The Morgan fingerprint density at radius 3 is 2.18 bits per heavy atom. The molecule has 3 nitrogen and oxygen atoms in total. The molecule has 0 saturated heterocycles. The van der Waals surface area contributed by atoms with Gasteiger partial charge in [-0.15, -0.1) is 0 Å². The van der Waals surface area contributed by atoms with Crippen LogP contribution in [0.4, 0.5) is 0 Å². The summed E-state index contributed by atoms with van der Waals surface area (Å²) in [6.45, 7) is 13.2. The van der Waals surface area contributed by atoms with E-state index >= 15 is 0 Å². The van der Waals surface area contributed by atoms with E-state index < -0.39 is 16.5 Å². The average molecular weight is 390 g/mol. The molecule has 0 heterocycles. The van der Waals surface area contributed by atoms with Crippen LogP contribution in [0.3, 0.4) is 0 Å². The van der Waals surface area contributed by atoms with Crippen molar-refractivity contribution in [3.05, 3.63) is 34.3 Å². The van der Waals surface area contributed by atoms with E-state index in [0.29, 0.717) is 6.42 Å². The van der Waals surface area contributed by atoms with E-state index in [2.05, 4.69) is 20.7 Å². The predicted octanol–water partition coefficient (Wildman–Crippen LogP) is 4.72. The summed E-state index contributed by atoms with van der Waals surface area (Å²) < 4.78 is 16.1. The van der Waals surface area contributed by atoms with Gasteiger partial charge in [-0.2, -0.15) is 0 Å². The number of carbonyl (C=O) groups is 1. The van der Waals surface area contributed by atoms with Gasteiger partial charge < -0.3 is 0 Å². The van der Waals surface area contributed by atoms with Gasteiger partial charge in [0.05, 0.1) is 21.3 Å². The third kappa shape index (κ3) is 6.71. The van der Waals surface area contributed by atoms with Crippen LogP contribution in [0, 0.1) is 0 Å². The normalized spacial score (nSPS) is 15.3. The lowest BCUT2D eigenvalue weighted by molar-refractivity contribution is -0.118. The molecule has 1 rings (SSSR count). The second-order valence-corrected chi connectivity index (χ2v) is 9.09. The maximum Gasteiger partial charge on any atom is 0.132 e. The monoisotopic (exact) mass is 389 g/mol. The van der Waals surface area contributed by atoms with Gasteiger partial charge in [0.1, 0.15) is 5.78 Å². The van der Waals surface area contributed by atoms with Crippen LogP contribution in [0.2, 0.25) is 0 Å². The van der Waals surface area contributed by atoms with Crippen molar-refractivity contribution in [3.8, 4) is 0 Å². The molecule has 1 aromatic carbocycles. The second kappa shape index (κ2) is 8.94. The SMILES string of the molecule is CC.CC(=O)C[C@](C)(N[S@](=O)C(C)(C)C)c1cccc(Br)c1. The van der Waals surface area contributed by atoms with Gasteiger partial charge in [-0.05, 0) is 52.3 Å². The Bertz CT molecular complexity index is 526. The Labute approximate surface area is 146 Å². The van der Waals surface area contributed by atoms with Crippen molar-refractivity contribution >= 4 is 32.7 Å². The highest BCUT2D eigenvalue weighted by Crippen LogP contribution is 2.29. The lowest BCUT2D eigenvalue weighted by Gasteiger charge is -2.33. The fraction of sp³-hybridized carbons (Fsp3) is 0.588. The van der Waals surface area contributed by atoms with Crippen molar-refractivity contribution in [3.63, 3.8) is 0 Å². The van der Waals surface area contributed by atoms with Gasteiger partial charge in [-0.25, -0.2) is 8.93 Å². The van der Waals surface area contributed by atoms with E-state index in [9.17, 15) is 9.00 Å². The quantitative estimate of drug-likeness (QED) is 0.791. The molecular weight excluding hydrogens is 362 g/mol. The molecule has 0 spiro atoms. The van der Waals surface area contributed by atoms with Gasteiger partial charge >= 0.3 is 0 Å². The smallest absolute Gasteiger partial charge is 0.132 e. The highest BCUT2D eigenvalue weighted by atomic mass is 79.9. The summed E-state index contributed by atoms with van der Waals surface area (Å²) in [7, 11) is -1.25. The van der Waals surface area contributed by atoms with Crippen LogP contribution < -0.4 is 4.72 Å². The summed E-state index contributed by atoms with van der Waals surface area (Å²) in [5, 5.41) is 0. The largest absolute Gasteiger partial charge is 0.300 e. The predicted molar refractivity (Wildman–Crippen MR) is 99.2 cm³/mol. The maximum absolute atomic E-state index is 12.4. The van der Waals surface area contributed by atoms with Crippen LogP contribution in [0.5, 0.6) is 0 Å². The van der Waals surface area contributed by atoms with E-state index in [0.717, 1.165) is 10.0 Å². The number of halogens is 1. The number of carbonyl (C=O) groups excluding carboxylic acids is 1. The van der Waals surface area contributed by atoms with Crippen molar-refractivity contribution in [1.29, 1.82) is 0 Å². The van der Waals surface area contributed by atoms with Crippen molar-refractivity contribution < 1.29 is 9.00 Å². The molecule has 0 unspecified atom stereocenters. The molecule has 2 atom stereocenters. The van der Waals surface area contributed by atoms with Crippen molar-refractivity contribution in [2.75, 3.05) is 0 Å². The van der Waals surface area contributed by atoms with E-state index in [1.807, 2.05) is 65.8 Å². The molecular formula is C17H28BrNO2S. The number of nitrogens with one attached hydrogen (secondary N) is 1. The molecule has 0 radical (unpaired) electrons. The third-order valence-corrected chi connectivity index (χ3v) is 5.18. The first-order chi connectivity index (χ1) is 10.0. The zero-order valence-corrected chi connectivity index (χ0v) is 17.0. The molecule has 0 saturated carbocycles. The van der Waals surface area contributed by atoms with Gasteiger partial charge in [-0.1, -0.05) is 41.9 Å². The lowest BCUT2D eigenvalue weighted by atomic mass is 9.88. The Kier molecular flexibility index (Phi) is 8.73. The van der Waals surface area contributed by atoms with E-state index in [1.165, 1.54) is 0 Å². The molecule has 22 heavy (non-hydrogen) atoms. The molecule has 0 aliphatic rings. The number of Topliss-reactive ketones (excluding diaryl/α,β-unsaturated/α-hetero) is 1. The highest BCUT2D eigenvalue weighted by Gasteiger charge is 2.33. The molecule has 0 aliphatic carbocycles. The van der Waals surface area contributed by atoms with Crippen LogP contribution >= 0.6 is 15.9 Å². The van der Waals surface area contributed by atoms with Crippen LogP contribution in [-0.4, -0.2) is 14.7 Å². The maximum atomic E-state index is 12.4. The Balaban J connectivity index is 0.00000211. The molecule has 1 aromatic rings. The fourth-order valence-electron chi connectivity index (χ4n) is 1.88. The van der Waals surface area contributed by atoms with E-state index in [4.69, 9.17) is 0 Å². The zero-order chi connectivity index (χ0) is 17.6. The van der Waals surface area contributed by atoms with Crippen LogP contribution in [0.1, 0.15) is 60.5 Å². The molecule has 0 aromatic heterocycles. The Morgan fingerprint density at radius 2 is 1.77 bits per heavy atom. The molecule has 5 heteroatoms. The summed E-state index contributed by atoms with van der Waals surface area (Å²) in [6.07, 6.45) is 0.297. The second-order valence-electron chi connectivity index (χ2n) is 6.20.